The molecule has 1 spiro atoms. The van der Waals surface area contributed by atoms with Gasteiger partial charge in [-0.05, 0) is 52.1 Å². The van der Waals surface area contributed by atoms with Gasteiger partial charge in [-0.3, -0.25) is 0 Å². The van der Waals surface area contributed by atoms with Crippen molar-refractivity contribution in [2.24, 2.45) is 0 Å². The number of para-hydroxylation sites is 2. The van der Waals surface area contributed by atoms with Gasteiger partial charge in [-0.2, -0.15) is 0 Å². The maximum atomic E-state index is 6.95. The van der Waals surface area contributed by atoms with Gasteiger partial charge in [0.25, 0.3) is 0 Å². The minimum atomic E-state index is -0.503. The summed E-state index contributed by atoms with van der Waals surface area (Å²) in [6.07, 6.45) is 0. The molecule has 2 aromatic heterocycles. The van der Waals surface area contributed by atoms with Gasteiger partial charge >= 0.3 is 0 Å². The SMILES string of the molecule is c1ccc(-c2nc(-c3ccc(-c4cccc5c4Oc4ccccc4C54c5ccccc5-c5ccccc54)cc3)cc(-c3ccc4c(c3)sc3ccccc34)n2)cc1. The smallest absolute Gasteiger partial charge is 0.160 e. The van der Waals surface area contributed by atoms with E-state index in [2.05, 4.69) is 176 Å². The fourth-order valence-electron chi connectivity index (χ4n) is 9.27. The summed E-state index contributed by atoms with van der Waals surface area (Å²) in [6, 6.07) is 69.3. The summed E-state index contributed by atoms with van der Waals surface area (Å²) in [5, 5.41) is 2.56. The fourth-order valence-corrected chi connectivity index (χ4v) is 10.4. The van der Waals surface area contributed by atoms with Crippen molar-refractivity contribution in [3.8, 4) is 67.7 Å². The second kappa shape index (κ2) is 12.4. The summed E-state index contributed by atoms with van der Waals surface area (Å²) >= 11 is 1.82. The Hall–Kier alpha value is -7.14. The van der Waals surface area contributed by atoms with E-state index in [1.54, 1.807) is 0 Å². The number of hydrogen-bond acceptors (Lipinski definition) is 4. The summed E-state index contributed by atoms with van der Waals surface area (Å²) in [7, 11) is 0. The summed E-state index contributed by atoms with van der Waals surface area (Å²) in [6.45, 7) is 0. The number of nitrogens with zero attached hydrogens (tertiary/aromatic N) is 2. The first-order chi connectivity index (χ1) is 28.2. The summed E-state index contributed by atoms with van der Waals surface area (Å²) < 4.78 is 9.50. The molecule has 57 heavy (non-hydrogen) atoms. The second-order valence-electron chi connectivity index (χ2n) is 14.8. The van der Waals surface area contributed by atoms with Crippen LogP contribution in [0.5, 0.6) is 11.5 Å². The quantitative estimate of drug-likeness (QED) is 0.180. The fraction of sp³-hybridized carbons (Fsp3) is 0.0189. The predicted octanol–water partition coefficient (Wildman–Crippen LogP) is 14.0. The third-order valence-electron chi connectivity index (χ3n) is 11.8. The number of thiophene rings is 1. The zero-order chi connectivity index (χ0) is 37.5. The molecule has 12 rings (SSSR count). The molecule has 2 aliphatic rings. The van der Waals surface area contributed by atoms with Crippen LogP contribution in [0.3, 0.4) is 0 Å². The van der Waals surface area contributed by atoms with Crippen LogP contribution in [0.4, 0.5) is 0 Å². The summed E-state index contributed by atoms with van der Waals surface area (Å²) in [5.74, 6) is 2.48. The lowest BCUT2D eigenvalue weighted by molar-refractivity contribution is 0.438. The monoisotopic (exact) mass is 744 g/mol. The van der Waals surface area contributed by atoms with E-state index < -0.39 is 5.41 Å². The predicted molar refractivity (Wildman–Crippen MR) is 234 cm³/mol. The minimum Gasteiger partial charge on any atom is -0.456 e. The van der Waals surface area contributed by atoms with Crippen LogP contribution in [0.15, 0.2) is 194 Å². The van der Waals surface area contributed by atoms with Crippen LogP contribution in [0.25, 0.3) is 76.3 Å². The van der Waals surface area contributed by atoms with Gasteiger partial charge in [0.1, 0.15) is 11.5 Å². The molecule has 0 bridgehead atoms. The van der Waals surface area contributed by atoms with Crippen LogP contribution in [0.2, 0.25) is 0 Å². The van der Waals surface area contributed by atoms with E-state index in [4.69, 9.17) is 14.7 Å². The Morgan fingerprint density at radius 1 is 0.386 bits per heavy atom. The Kier molecular flexibility index (Phi) is 7.01. The molecular formula is C53H32N2OS. The highest BCUT2D eigenvalue weighted by Gasteiger charge is 2.51. The molecule has 0 atom stereocenters. The number of hydrogen-bond donors (Lipinski definition) is 0. The molecule has 1 aliphatic carbocycles. The largest absolute Gasteiger partial charge is 0.456 e. The Bertz CT molecular complexity index is 3170. The molecule has 1 aliphatic heterocycles. The van der Waals surface area contributed by atoms with Gasteiger partial charge in [-0.1, -0.05) is 170 Å². The van der Waals surface area contributed by atoms with Gasteiger partial charge in [-0.15, -0.1) is 11.3 Å². The van der Waals surface area contributed by atoms with Crippen LogP contribution in [0.1, 0.15) is 22.3 Å². The standard InChI is InChI=1S/C53H32N2OS/c1-2-13-35(14-3-1)52-54-46(32-47(55-52)36-29-30-41-40-17-6-11-24-49(40)57-50(41)31-36)34-27-25-33(26-28-34)37-18-12-22-45-51(37)56-48-23-10-9-21-44(48)53(45)42-19-7-4-15-38(42)39-16-5-8-20-43(39)53/h1-32H. The van der Waals surface area contributed by atoms with Crippen molar-refractivity contribution in [3.63, 3.8) is 0 Å². The molecule has 0 radical (unpaired) electrons. The number of rotatable bonds is 4. The molecule has 0 unspecified atom stereocenters. The number of fused-ring (bicyclic) bond motifs is 12. The van der Waals surface area contributed by atoms with Crippen molar-refractivity contribution in [2.45, 2.75) is 5.41 Å². The molecule has 0 saturated carbocycles. The van der Waals surface area contributed by atoms with E-state index in [9.17, 15) is 0 Å². The van der Waals surface area contributed by atoms with Gasteiger partial charge in [0.15, 0.2) is 5.82 Å². The van der Waals surface area contributed by atoms with Crippen LogP contribution < -0.4 is 4.74 Å². The Morgan fingerprint density at radius 3 is 1.75 bits per heavy atom. The van der Waals surface area contributed by atoms with E-state index in [1.165, 1.54) is 48.0 Å². The first-order valence-electron chi connectivity index (χ1n) is 19.3. The Balaban J connectivity index is 0.992. The second-order valence-corrected chi connectivity index (χ2v) is 15.9. The Labute approximate surface area is 334 Å². The number of aromatic nitrogens is 2. The zero-order valence-electron chi connectivity index (χ0n) is 30.7. The molecule has 4 heteroatoms. The molecule has 0 N–H and O–H groups in total. The average molecular weight is 745 g/mol. The van der Waals surface area contributed by atoms with Crippen molar-refractivity contribution < 1.29 is 4.74 Å². The van der Waals surface area contributed by atoms with Gasteiger partial charge in [0, 0.05) is 53.6 Å². The minimum absolute atomic E-state index is 0.503. The molecule has 3 nitrogen and oxygen atoms in total. The molecule has 0 fully saturated rings. The molecule has 0 saturated heterocycles. The summed E-state index contributed by atoms with van der Waals surface area (Å²) in [5.41, 5.74) is 13.9. The zero-order valence-corrected chi connectivity index (χ0v) is 31.5. The first-order valence-corrected chi connectivity index (χ1v) is 20.1. The van der Waals surface area contributed by atoms with Crippen LogP contribution in [-0.4, -0.2) is 9.97 Å². The Morgan fingerprint density at radius 2 is 0.965 bits per heavy atom. The molecule has 266 valence electrons. The van der Waals surface area contributed by atoms with E-state index in [-0.39, 0.29) is 0 Å². The highest BCUT2D eigenvalue weighted by molar-refractivity contribution is 7.25. The lowest BCUT2D eigenvalue weighted by Gasteiger charge is -2.40. The van der Waals surface area contributed by atoms with E-state index in [0.29, 0.717) is 5.82 Å². The molecule has 3 heterocycles. The third-order valence-corrected chi connectivity index (χ3v) is 12.9. The highest BCUT2D eigenvalue weighted by Crippen LogP contribution is 2.63. The topological polar surface area (TPSA) is 35.0 Å². The first kappa shape index (κ1) is 32.1. The molecule has 10 aromatic rings. The van der Waals surface area contributed by atoms with Crippen molar-refractivity contribution in [3.05, 3.63) is 216 Å². The normalized spacial score (nSPS) is 13.2. The van der Waals surface area contributed by atoms with Gasteiger partial charge in [0.05, 0.1) is 16.8 Å². The number of benzene rings is 8. The van der Waals surface area contributed by atoms with Crippen LogP contribution in [-0.2, 0) is 5.41 Å². The van der Waals surface area contributed by atoms with Crippen molar-refractivity contribution in [1.82, 2.24) is 9.97 Å². The van der Waals surface area contributed by atoms with E-state index in [1.807, 2.05) is 29.5 Å². The van der Waals surface area contributed by atoms with Crippen LogP contribution >= 0.6 is 11.3 Å². The van der Waals surface area contributed by atoms with Gasteiger partial charge in [0.2, 0.25) is 0 Å². The van der Waals surface area contributed by atoms with E-state index in [0.717, 1.165) is 56.3 Å². The lowest BCUT2D eigenvalue weighted by atomic mass is 9.65. The third kappa shape index (κ3) is 4.78. The van der Waals surface area contributed by atoms with Crippen LogP contribution in [0, 0.1) is 0 Å². The molecule has 8 aromatic carbocycles. The maximum absolute atomic E-state index is 6.95. The van der Waals surface area contributed by atoms with Gasteiger partial charge in [-0.25, -0.2) is 9.97 Å². The van der Waals surface area contributed by atoms with Crippen molar-refractivity contribution in [2.75, 3.05) is 0 Å². The molecule has 0 amide bonds. The number of ether oxygens (including phenoxy) is 1. The lowest BCUT2D eigenvalue weighted by Crippen LogP contribution is -2.32. The molecular weight excluding hydrogens is 713 g/mol. The highest BCUT2D eigenvalue weighted by atomic mass is 32.1. The maximum Gasteiger partial charge on any atom is 0.160 e. The summed E-state index contributed by atoms with van der Waals surface area (Å²) in [4.78, 5) is 10.3. The average Bonchev–Trinajstić information content (AvgIpc) is 3.80. The van der Waals surface area contributed by atoms with Crippen molar-refractivity contribution in [1.29, 1.82) is 0 Å². The van der Waals surface area contributed by atoms with E-state index >= 15 is 0 Å². The van der Waals surface area contributed by atoms with Crippen molar-refractivity contribution >= 4 is 31.5 Å². The van der Waals surface area contributed by atoms with Gasteiger partial charge < -0.3 is 4.74 Å².